The summed E-state index contributed by atoms with van der Waals surface area (Å²) in [5.74, 6) is 0.0941. The van der Waals surface area contributed by atoms with Crippen LogP contribution in [0.2, 0.25) is 0 Å². The maximum atomic E-state index is 9.72. The van der Waals surface area contributed by atoms with Crippen LogP contribution in [0.15, 0.2) is 60.7 Å². The molecule has 0 radical (unpaired) electrons. The van der Waals surface area contributed by atoms with Crippen LogP contribution >= 0.6 is 0 Å². The number of benzene rings is 3. The number of fused-ring (bicyclic) bond motifs is 1. The van der Waals surface area contributed by atoms with Crippen molar-refractivity contribution in [3.05, 3.63) is 66.2 Å². The van der Waals surface area contributed by atoms with Crippen molar-refractivity contribution < 1.29 is 10.2 Å². The molecule has 0 aromatic heterocycles. The van der Waals surface area contributed by atoms with Crippen molar-refractivity contribution in [3.8, 4) is 11.5 Å². The van der Waals surface area contributed by atoms with Gasteiger partial charge in [0.1, 0.15) is 17.2 Å². The molecule has 20 heavy (non-hydrogen) atoms. The summed E-state index contributed by atoms with van der Waals surface area (Å²) in [6.45, 7) is 0.538. The second-order valence-corrected chi connectivity index (χ2v) is 4.71. The number of anilines is 1. The normalized spacial score (nSPS) is 10.6. The lowest BCUT2D eigenvalue weighted by Gasteiger charge is -2.10. The van der Waals surface area contributed by atoms with E-state index in [2.05, 4.69) is 29.6 Å². The van der Waals surface area contributed by atoms with E-state index < -0.39 is 0 Å². The summed E-state index contributed by atoms with van der Waals surface area (Å²) in [6, 6.07) is 19.0. The quantitative estimate of drug-likeness (QED) is 0.630. The van der Waals surface area contributed by atoms with Gasteiger partial charge in [0, 0.05) is 6.54 Å². The Morgan fingerprint density at radius 3 is 2.20 bits per heavy atom. The third kappa shape index (κ3) is 2.38. The number of aromatic hydroxyl groups is 2. The third-order valence-electron chi connectivity index (χ3n) is 3.30. The summed E-state index contributed by atoms with van der Waals surface area (Å²) >= 11 is 0. The molecule has 0 fully saturated rings. The van der Waals surface area contributed by atoms with Gasteiger partial charge in [-0.05, 0) is 34.5 Å². The molecule has 3 rings (SSSR count). The fraction of sp³-hybridized carbons (Fsp3) is 0.0588. The zero-order chi connectivity index (χ0) is 13.9. The monoisotopic (exact) mass is 265 g/mol. The average molecular weight is 265 g/mol. The van der Waals surface area contributed by atoms with Crippen LogP contribution in [0.4, 0.5) is 5.69 Å². The molecule has 3 aromatic rings. The highest BCUT2D eigenvalue weighted by molar-refractivity contribution is 5.83. The van der Waals surface area contributed by atoms with Gasteiger partial charge in [0.05, 0.1) is 0 Å². The van der Waals surface area contributed by atoms with Crippen molar-refractivity contribution in [2.24, 2.45) is 0 Å². The van der Waals surface area contributed by atoms with E-state index in [0.29, 0.717) is 12.2 Å². The molecule has 0 heterocycles. The molecule has 0 aliphatic rings. The average Bonchev–Trinajstić information content (AvgIpc) is 2.46. The first-order valence-corrected chi connectivity index (χ1v) is 6.46. The molecule has 0 saturated carbocycles. The largest absolute Gasteiger partial charge is 0.506 e. The van der Waals surface area contributed by atoms with E-state index in [1.54, 1.807) is 18.2 Å². The van der Waals surface area contributed by atoms with Crippen molar-refractivity contribution in [2.45, 2.75) is 6.54 Å². The molecule has 0 amide bonds. The number of para-hydroxylation sites is 1. The Kier molecular flexibility index (Phi) is 3.17. The zero-order valence-corrected chi connectivity index (χ0v) is 10.9. The Labute approximate surface area is 117 Å². The van der Waals surface area contributed by atoms with Gasteiger partial charge in [0.2, 0.25) is 0 Å². The fourth-order valence-electron chi connectivity index (χ4n) is 2.25. The van der Waals surface area contributed by atoms with Crippen LogP contribution in [0.1, 0.15) is 5.56 Å². The van der Waals surface area contributed by atoms with E-state index in [-0.39, 0.29) is 11.5 Å². The van der Waals surface area contributed by atoms with Gasteiger partial charge in [-0.15, -0.1) is 0 Å². The minimum absolute atomic E-state index is 0.0470. The molecular formula is C17H15NO2. The molecule has 3 heteroatoms. The Morgan fingerprint density at radius 2 is 1.45 bits per heavy atom. The van der Waals surface area contributed by atoms with Crippen molar-refractivity contribution in [2.75, 3.05) is 5.32 Å². The lowest BCUT2D eigenvalue weighted by molar-refractivity contribution is 0.454. The highest BCUT2D eigenvalue weighted by atomic mass is 16.3. The van der Waals surface area contributed by atoms with Crippen LogP contribution in [0, 0.1) is 0 Å². The van der Waals surface area contributed by atoms with E-state index in [1.807, 2.05) is 18.2 Å². The zero-order valence-electron chi connectivity index (χ0n) is 10.9. The van der Waals surface area contributed by atoms with Crippen molar-refractivity contribution >= 4 is 16.5 Å². The highest BCUT2D eigenvalue weighted by Gasteiger charge is 2.06. The summed E-state index contributed by atoms with van der Waals surface area (Å²) in [5.41, 5.74) is 1.45. The van der Waals surface area contributed by atoms with E-state index >= 15 is 0 Å². The molecule has 0 aliphatic heterocycles. The summed E-state index contributed by atoms with van der Waals surface area (Å²) in [6.07, 6.45) is 0. The molecule has 3 N–H and O–H groups in total. The van der Waals surface area contributed by atoms with Crippen molar-refractivity contribution in [3.63, 3.8) is 0 Å². The van der Waals surface area contributed by atoms with Crippen LogP contribution in [-0.2, 0) is 6.54 Å². The van der Waals surface area contributed by atoms with Gasteiger partial charge in [-0.1, -0.05) is 42.5 Å². The lowest BCUT2D eigenvalue weighted by atomic mass is 10.1. The maximum absolute atomic E-state index is 9.72. The summed E-state index contributed by atoms with van der Waals surface area (Å²) in [5, 5.41) is 24.9. The SMILES string of the molecule is Oc1cccc(O)c1NCc1ccc2ccccc2c1. The number of nitrogens with one attached hydrogen (secondary N) is 1. The number of phenols is 2. The number of hydrogen-bond donors (Lipinski definition) is 3. The molecular weight excluding hydrogens is 250 g/mol. The highest BCUT2D eigenvalue weighted by Crippen LogP contribution is 2.32. The minimum atomic E-state index is 0.0470. The lowest BCUT2D eigenvalue weighted by Crippen LogP contribution is -1.99. The summed E-state index contributed by atoms with van der Waals surface area (Å²) < 4.78 is 0. The molecule has 0 unspecified atom stereocenters. The van der Waals surface area contributed by atoms with Gasteiger partial charge < -0.3 is 15.5 Å². The molecule has 0 saturated heterocycles. The number of rotatable bonds is 3. The van der Waals surface area contributed by atoms with Crippen molar-refractivity contribution in [1.82, 2.24) is 0 Å². The molecule has 3 aromatic carbocycles. The third-order valence-corrected chi connectivity index (χ3v) is 3.30. The maximum Gasteiger partial charge on any atom is 0.142 e. The van der Waals surface area contributed by atoms with E-state index in [4.69, 9.17) is 0 Å². The number of hydrogen-bond acceptors (Lipinski definition) is 3. The fourth-order valence-corrected chi connectivity index (χ4v) is 2.25. The van der Waals surface area contributed by atoms with Crippen molar-refractivity contribution in [1.29, 1.82) is 0 Å². The van der Waals surface area contributed by atoms with Gasteiger partial charge >= 0.3 is 0 Å². The molecule has 0 bridgehead atoms. The van der Waals surface area contributed by atoms with Crippen LogP contribution in [0.3, 0.4) is 0 Å². The minimum Gasteiger partial charge on any atom is -0.506 e. The second kappa shape index (κ2) is 5.13. The molecule has 3 nitrogen and oxygen atoms in total. The molecule has 0 atom stereocenters. The summed E-state index contributed by atoms with van der Waals surface area (Å²) in [7, 11) is 0. The van der Waals surface area contributed by atoms with E-state index in [9.17, 15) is 10.2 Å². The van der Waals surface area contributed by atoms with Crippen LogP contribution in [0.25, 0.3) is 10.8 Å². The Bertz CT molecular complexity index is 733. The van der Waals surface area contributed by atoms with Gasteiger partial charge in [-0.25, -0.2) is 0 Å². The van der Waals surface area contributed by atoms with E-state index in [1.165, 1.54) is 10.8 Å². The first-order valence-electron chi connectivity index (χ1n) is 6.46. The standard InChI is InChI=1S/C17H15NO2/c19-15-6-3-7-16(20)17(15)18-11-12-8-9-13-4-1-2-5-14(13)10-12/h1-10,18-20H,11H2. The topological polar surface area (TPSA) is 52.5 Å². The predicted octanol–water partition coefficient (Wildman–Crippen LogP) is 3.86. The first-order chi connectivity index (χ1) is 9.74. The Hall–Kier alpha value is -2.68. The Balaban J connectivity index is 1.83. The van der Waals surface area contributed by atoms with Crippen LogP contribution < -0.4 is 5.32 Å². The van der Waals surface area contributed by atoms with Crippen LogP contribution in [0.5, 0.6) is 11.5 Å². The number of phenolic OH excluding ortho intramolecular Hbond substituents is 2. The first kappa shape index (κ1) is 12.4. The van der Waals surface area contributed by atoms with Gasteiger partial charge in [0.25, 0.3) is 0 Å². The van der Waals surface area contributed by atoms with E-state index in [0.717, 1.165) is 5.56 Å². The Morgan fingerprint density at radius 1 is 0.750 bits per heavy atom. The van der Waals surface area contributed by atoms with Gasteiger partial charge in [-0.3, -0.25) is 0 Å². The second-order valence-electron chi connectivity index (χ2n) is 4.71. The smallest absolute Gasteiger partial charge is 0.142 e. The predicted molar refractivity (Wildman–Crippen MR) is 81.0 cm³/mol. The van der Waals surface area contributed by atoms with Crippen LogP contribution in [-0.4, -0.2) is 10.2 Å². The van der Waals surface area contributed by atoms with Gasteiger partial charge in [-0.2, -0.15) is 0 Å². The van der Waals surface area contributed by atoms with Gasteiger partial charge in [0.15, 0.2) is 0 Å². The molecule has 100 valence electrons. The molecule has 0 spiro atoms. The molecule has 0 aliphatic carbocycles. The summed E-state index contributed by atoms with van der Waals surface area (Å²) in [4.78, 5) is 0.